The fourth-order valence-electron chi connectivity index (χ4n) is 1.40. The summed E-state index contributed by atoms with van der Waals surface area (Å²) in [6, 6.07) is 5.00. The molecule has 0 saturated heterocycles. The van der Waals surface area contributed by atoms with Crippen molar-refractivity contribution < 1.29 is 23.7 Å². The normalized spacial score (nSPS) is 9.40. The molecule has 0 amide bonds. The number of hydrogen-bond donors (Lipinski definition) is 0. The molecule has 5 heteroatoms. The molecule has 0 radical (unpaired) electrons. The lowest BCUT2D eigenvalue weighted by molar-refractivity contribution is 0.111. The van der Waals surface area contributed by atoms with Crippen LogP contribution in [-0.2, 0) is 9.47 Å². The van der Waals surface area contributed by atoms with Crippen LogP contribution in [0.5, 0.6) is 11.5 Å². The van der Waals surface area contributed by atoms with E-state index in [2.05, 4.69) is 13.2 Å². The first-order valence-corrected chi connectivity index (χ1v) is 6.11. The van der Waals surface area contributed by atoms with Gasteiger partial charge in [0.25, 0.3) is 0 Å². The van der Waals surface area contributed by atoms with E-state index < -0.39 is 0 Å². The van der Waals surface area contributed by atoms with E-state index in [4.69, 9.17) is 18.9 Å². The first kappa shape index (κ1) is 15.6. The number of aldehydes is 1. The highest BCUT2D eigenvalue weighted by Gasteiger charge is 2.05. The topological polar surface area (TPSA) is 54.0 Å². The van der Waals surface area contributed by atoms with Crippen LogP contribution in [-0.4, -0.2) is 32.7 Å². The highest BCUT2D eigenvalue weighted by molar-refractivity contribution is 5.79. The molecule has 0 fully saturated rings. The van der Waals surface area contributed by atoms with Gasteiger partial charge in [-0.3, -0.25) is 4.79 Å². The summed E-state index contributed by atoms with van der Waals surface area (Å²) < 4.78 is 20.8. The van der Waals surface area contributed by atoms with Crippen molar-refractivity contribution in [2.75, 3.05) is 26.4 Å². The summed E-state index contributed by atoms with van der Waals surface area (Å²) in [5, 5.41) is 0. The summed E-state index contributed by atoms with van der Waals surface area (Å²) in [5.41, 5.74) is 0.457. The maximum absolute atomic E-state index is 10.9. The highest BCUT2D eigenvalue weighted by Crippen LogP contribution is 2.23. The fraction of sp³-hybridized carbons (Fsp3) is 0.267. The minimum atomic E-state index is 0.315. The minimum absolute atomic E-state index is 0.315. The maximum Gasteiger partial charge on any atom is 0.153 e. The second kappa shape index (κ2) is 9.49. The molecule has 5 nitrogen and oxygen atoms in total. The number of ether oxygens (including phenoxy) is 4. The lowest BCUT2D eigenvalue weighted by Gasteiger charge is -2.11. The molecule has 0 saturated carbocycles. The zero-order chi connectivity index (χ0) is 14.6. The molecule has 0 atom stereocenters. The fourth-order valence-corrected chi connectivity index (χ4v) is 1.40. The third-order valence-corrected chi connectivity index (χ3v) is 2.28. The number of hydrogen-bond acceptors (Lipinski definition) is 5. The molecule has 0 bridgehead atoms. The maximum atomic E-state index is 10.9. The molecule has 20 heavy (non-hydrogen) atoms. The third kappa shape index (κ3) is 5.48. The van der Waals surface area contributed by atoms with E-state index in [1.165, 1.54) is 12.5 Å². The van der Waals surface area contributed by atoms with E-state index in [0.717, 1.165) is 6.29 Å². The van der Waals surface area contributed by atoms with Crippen molar-refractivity contribution in [1.29, 1.82) is 0 Å². The second-order valence-electron chi connectivity index (χ2n) is 3.59. The Labute approximate surface area is 118 Å². The van der Waals surface area contributed by atoms with Gasteiger partial charge in [-0.15, -0.1) is 0 Å². The van der Waals surface area contributed by atoms with Crippen LogP contribution < -0.4 is 9.47 Å². The van der Waals surface area contributed by atoms with Gasteiger partial charge >= 0.3 is 0 Å². The van der Waals surface area contributed by atoms with E-state index in [0.29, 0.717) is 43.5 Å². The molecule has 1 aromatic rings. The van der Waals surface area contributed by atoms with Gasteiger partial charge in [0.15, 0.2) is 6.29 Å². The molecule has 0 N–H and O–H groups in total. The van der Waals surface area contributed by atoms with Gasteiger partial charge in [0.2, 0.25) is 0 Å². The lowest BCUT2D eigenvalue weighted by Crippen LogP contribution is -2.07. The van der Waals surface area contributed by atoms with Gasteiger partial charge in [-0.1, -0.05) is 13.2 Å². The van der Waals surface area contributed by atoms with Gasteiger partial charge in [-0.05, 0) is 12.1 Å². The monoisotopic (exact) mass is 278 g/mol. The van der Waals surface area contributed by atoms with Crippen molar-refractivity contribution >= 4 is 6.29 Å². The average molecular weight is 278 g/mol. The summed E-state index contributed by atoms with van der Waals surface area (Å²) in [6.45, 7) is 8.33. The molecule has 0 heterocycles. The summed E-state index contributed by atoms with van der Waals surface area (Å²) >= 11 is 0. The quantitative estimate of drug-likeness (QED) is 0.354. The van der Waals surface area contributed by atoms with Crippen LogP contribution in [0.1, 0.15) is 10.4 Å². The van der Waals surface area contributed by atoms with Crippen molar-refractivity contribution in [2.45, 2.75) is 0 Å². The minimum Gasteiger partial charge on any atom is -0.498 e. The number of carbonyl (C=O) groups is 1. The van der Waals surface area contributed by atoms with Gasteiger partial charge in [-0.25, -0.2) is 0 Å². The van der Waals surface area contributed by atoms with Crippen molar-refractivity contribution in [3.63, 3.8) is 0 Å². The van der Waals surface area contributed by atoms with E-state index in [1.54, 1.807) is 18.2 Å². The SMILES string of the molecule is C=COCCOc1ccc(C=O)c(OCCOC=C)c1. The van der Waals surface area contributed by atoms with Crippen molar-refractivity contribution in [3.05, 3.63) is 49.4 Å². The van der Waals surface area contributed by atoms with Gasteiger partial charge < -0.3 is 18.9 Å². The molecule has 1 aromatic carbocycles. The Morgan fingerprint density at radius 1 is 0.950 bits per heavy atom. The van der Waals surface area contributed by atoms with Gasteiger partial charge in [-0.2, -0.15) is 0 Å². The third-order valence-electron chi connectivity index (χ3n) is 2.28. The van der Waals surface area contributed by atoms with E-state index in [1.807, 2.05) is 0 Å². The Bertz CT molecular complexity index is 442. The largest absolute Gasteiger partial charge is 0.498 e. The van der Waals surface area contributed by atoms with Crippen LogP contribution >= 0.6 is 0 Å². The zero-order valence-electron chi connectivity index (χ0n) is 11.2. The number of rotatable bonds is 11. The van der Waals surface area contributed by atoms with Crippen molar-refractivity contribution in [3.8, 4) is 11.5 Å². The van der Waals surface area contributed by atoms with Crippen molar-refractivity contribution in [1.82, 2.24) is 0 Å². The molecule has 0 aliphatic heterocycles. The predicted molar refractivity (Wildman–Crippen MR) is 75.1 cm³/mol. The molecule has 1 rings (SSSR count). The molecule has 0 unspecified atom stereocenters. The van der Waals surface area contributed by atoms with Gasteiger partial charge in [0.05, 0.1) is 18.1 Å². The Morgan fingerprint density at radius 2 is 1.60 bits per heavy atom. The average Bonchev–Trinajstić information content (AvgIpc) is 2.48. The van der Waals surface area contributed by atoms with Crippen LogP contribution in [0.2, 0.25) is 0 Å². The van der Waals surface area contributed by atoms with Crippen LogP contribution in [0.25, 0.3) is 0 Å². The summed E-state index contributed by atoms with van der Waals surface area (Å²) in [6.07, 6.45) is 3.42. The predicted octanol–water partition coefficient (Wildman–Crippen LogP) is 2.58. The van der Waals surface area contributed by atoms with Crippen LogP contribution in [0.3, 0.4) is 0 Å². The van der Waals surface area contributed by atoms with E-state index in [9.17, 15) is 4.79 Å². The first-order chi connectivity index (χ1) is 9.81. The smallest absolute Gasteiger partial charge is 0.153 e. The van der Waals surface area contributed by atoms with Crippen LogP contribution in [0, 0.1) is 0 Å². The molecule has 108 valence electrons. The van der Waals surface area contributed by atoms with Gasteiger partial charge in [0, 0.05) is 6.07 Å². The highest BCUT2D eigenvalue weighted by atomic mass is 16.5. The lowest BCUT2D eigenvalue weighted by atomic mass is 10.2. The Kier molecular flexibility index (Phi) is 7.42. The molecule has 0 spiro atoms. The van der Waals surface area contributed by atoms with Crippen molar-refractivity contribution in [2.24, 2.45) is 0 Å². The standard InChI is InChI=1S/C15H18O5/c1-3-17-7-9-19-14-6-5-13(12-16)15(11-14)20-10-8-18-4-2/h3-6,11-12H,1-2,7-10H2. The second-order valence-corrected chi connectivity index (χ2v) is 3.59. The van der Waals surface area contributed by atoms with E-state index in [-0.39, 0.29) is 0 Å². The molecular weight excluding hydrogens is 260 g/mol. The molecular formula is C15H18O5. The van der Waals surface area contributed by atoms with E-state index >= 15 is 0 Å². The Hall–Kier alpha value is -2.43. The molecule has 0 aromatic heterocycles. The first-order valence-electron chi connectivity index (χ1n) is 6.11. The summed E-state index contributed by atoms with van der Waals surface area (Å²) in [5.74, 6) is 1.05. The number of carbonyl (C=O) groups excluding carboxylic acids is 1. The van der Waals surface area contributed by atoms with Gasteiger partial charge in [0.1, 0.15) is 37.9 Å². The molecule has 0 aliphatic rings. The molecule has 0 aliphatic carbocycles. The number of benzene rings is 1. The van der Waals surface area contributed by atoms with Crippen LogP contribution in [0.15, 0.2) is 43.9 Å². The Balaban J connectivity index is 2.57. The van der Waals surface area contributed by atoms with Crippen LogP contribution in [0.4, 0.5) is 0 Å². The zero-order valence-corrected chi connectivity index (χ0v) is 11.2. The summed E-state index contributed by atoms with van der Waals surface area (Å²) in [7, 11) is 0. The Morgan fingerprint density at radius 3 is 2.20 bits per heavy atom. The summed E-state index contributed by atoms with van der Waals surface area (Å²) in [4.78, 5) is 10.9.